The highest BCUT2D eigenvalue weighted by atomic mass is 16.5. The van der Waals surface area contributed by atoms with Crippen LogP contribution in [0.4, 0.5) is 5.82 Å². The third-order valence-corrected chi connectivity index (χ3v) is 2.27. The number of anilines is 1. The Morgan fingerprint density at radius 3 is 3.10 bits per heavy atom. The van der Waals surface area contributed by atoms with Crippen LogP contribution in [0.2, 0.25) is 0 Å². The zero-order chi connectivity index (χ0) is 14.4. The molecule has 0 aliphatic carbocycles. The van der Waals surface area contributed by atoms with Gasteiger partial charge in [0.2, 0.25) is 5.88 Å². The maximum Gasteiger partial charge on any atom is 0.325 e. The molecular formula is C11H14N6O3. The molecule has 2 aromatic rings. The Kier molecular flexibility index (Phi) is 4.43. The third-order valence-electron chi connectivity index (χ3n) is 2.27. The summed E-state index contributed by atoms with van der Waals surface area (Å²) in [7, 11) is 0. The molecule has 0 spiro atoms. The number of ether oxygens (including phenoxy) is 1. The van der Waals surface area contributed by atoms with Crippen LogP contribution in [0.25, 0.3) is 0 Å². The summed E-state index contributed by atoms with van der Waals surface area (Å²) in [6.07, 6.45) is 2.96. The summed E-state index contributed by atoms with van der Waals surface area (Å²) in [5.74, 6) is 0.113. The molecule has 0 atom stereocenters. The van der Waals surface area contributed by atoms with Crippen LogP contribution >= 0.6 is 0 Å². The normalized spacial score (nSPS) is 10.2. The van der Waals surface area contributed by atoms with Crippen LogP contribution in [0.15, 0.2) is 18.6 Å². The van der Waals surface area contributed by atoms with Crippen LogP contribution in [0.1, 0.15) is 12.6 Å². The van der Waals surface area contributed by atoms with Crippen molar-refractivity contribution in [1.29, 1.82) is 0 Å². The topological polar surface area (TPSA) is 115 Å². The fraction of sp³-hybridized carbons (Fsp3) is 0.364. The summed E-state index contributed by atoms with van der Waals surface area (Å²) in [6.45, 7) is 2.56. The summed E-state index contributed by atoms with van der Waals surface area (Å²) in [5, 5.41) is 19.2. The molecule has 0 radical (unpaired) electrons. The van der Waals surface area contributed by atoms with Crippen LogP contribution in [-0.4, -0.2) is 42.6 Å². The van der Waals surface area contributed by atoms with Crippen molar-refractivity contribution in [3.63, 3.8) is 0 Å². The molecule has 9 heteroatoms. The van der Waals surface area contributed by atoms with Crippen molar-refractivity contribution in [3.05, 3.63) is 24.3 Å². The number of rotatable bonds is 7. The smallest absolute Gasteiger partial charge is 0.325 e. The highest BCUT2D eigenvalue weighted by Gasteiger charge is 2.05. The highest BCUT2D eigenvalue weighted by Crippen LogP contribution is 2.11. The zero-order valence-corrected chi connectivity index (χ0v) is 10.9. The summed E-state index contributed by atoms with van der Waals surface area (Å²) in [5.41, 5.74) is 0.614. The van der Waals surface area contributed by atoms with Gasteiger partial charge >= 0.3 is 5.97 Å². The molecule has 9 nitrogen and oxygen atoms in total. The number of nitrogens with zero attached hydrogens (tertiary/aromatic N) is 5. The molecule has 0 aromatic carbocycles. The van der Waals surface area contributed by atoms with Crippen LogP contribution < -0.4 is 10.1 Å². The average Bonchev–Trinajstić information content (AvgIpc) is 2.84. The lowest BCUT2D eigenvalue weighted by Crippen LogP contribution is -2.09. The van der Waals surface area contributed by atoms with Gasteiger partial charge in [0, 0.05) is 6.07 Å². The number of nitrogens with one attached hydrogen (secondary N) is 1. The predicted molar refractivity (Wildman–Crippen MR) is 68.2 cm³/mol. The molecular weight excluding hydrogens is 264 g/mol. The Hall–Kier alpha value is -2.71. The molecule has 0 bridgehead atoms. The molecule has 0 unspecified atom stereocenters. The Balaban J connectivity index is 1.92. The first-order valence-corrected chi connectivity index (χ1v) is 5.97. The molecule has 0 saturated carbocycles. The van der Waals surface area contributed by atoms with Gasteiger partial charge in [-0.15, -0.1) is 5.10 Å². The van der Waals surface area contributed by atoms with Gasteiger partial charge in [0.25, 0.3) is 0 Å². The third kappa shape index (κ3) is 3.90. The summed E-state index contributed by atoms with van der Waals surface area (Å²) in [4.78, 5) is 18.5. The van der Waals surface area contributed by atoms with E-state index in [2.05, 4.69) is 25.6 Å². The lowest BCUT2D eigenvalue weighted by molar-refractivity contribution is -0.137. The maximum atomic E-state index is 10.5. The minimum Gasteiger partial charge on any atom is -0.480 e. The van der Waals surface area contributed by atoms with E-state index in [0.29, 0.717) is 30.5 Å². The van der Waals surface area contributed by atoms with E-state index in [1.165, 1.54) is 11.0 Å². The number of carboxylic acid groups (broad SMARTS) is 1. The van der Waals surface area contributed by atoms with Gasteiger partial charge in [-0.05, 0) is 6.92 Å². The van der Waals surface area contributed by atoms with E-state index in [1.807, 2.05) is 6.92 Å². The lowest BCUT2D eigenvalue weighted by Gasteiger charge is -2.05. The monoisotopic (exact) mass is 278 g/mol. The zero-order valence-electron chi connectivity index (χ0n) is 10.9. The fourth-order valence-electron chi connectivity index (χ4n) is 1.48. The van der Waals surface area contributed by atoms with Gasteiger partial charge in [-0.25, -0.2) is 14.6 Å². The van der Waals surface area contributed by atoms with E-state index in [-0.39, 0.29) is 6.54 Å². The number of aromatic nitrogens is 5. The summed E-state index contributed by atoms with van der Waals surface area (Å²) < 4.78 is 6.51. The molecule has 0 aliphatic heterocycles. The Morgan fingerprint density at radius 1 is 1.50 bits per heavy atom. The van der Waals surface area contributed by atoms with Crippen LogP contribution in [0.5, 0.6) is 5.88 Å². The molecule has 2 aromatic heterocycles. The second kappa shape index (κ2) is 6.45. The van der Waals surface area contributed by atoms with E-state index in [0.717, 1.165) is 0 Å². The lowest BCUT2D eigenvalue weighted by atomic mass is 10.4. The number of carboxylic acids is 1. The first-order valence-electron chi connectivity index (χ1n) is 5.97. The number of hydrogen-bond acceptors (Lipinski definition) is 7. The minimum absolute atomic E-state index is 0.213. The van der Waals surface area contributed by atoms with E-state index in [9.17, 15) is 4.79 Å². The Bertz CT molecular complexity index is 585. The molecule has 2 heterocycles. The summed E-state index contributed by atoms with van der Waals surface area (Å²) in [6, 6.07) is 1.67. The second-order valence-electron chi connectivity index (χ2n) is 3.83. The number of carbonyl (C=O) groups is 1. The first-order chi connectivity index (χ1) is 9.67. The van der Waals surface area contributed by atoms with Crippen molar-refractivity contribution in [1.82, 2.24) is 25.0 Å². The molecule has 106 valence electrons. The Labute approximate surface area is 114 Å². The summed E-state index contributed by atoms with van der Waals surface area (Å²) >= 11 is 0. The first kappa shape index (κ1) is 13.7. The van der Waals surface area contributed by atoms with Crippen molar-refractivity contribution >= 4 is 11.8 Å². The fourth-order valence-corrected chi connectivity index (χ4v) is 1.48. The largest absolute Gasteiger partial charge is 0.480 e. The molecule has 2 rings (SSSR count). The van der Waals surface area contributed by atoms with E-state index in [4.69, 9.17) is 9.84 Å². The van der Waals surface area contributed by atoms with E-state index in [1.54, 1.807) is 12.3 Å². The molecule has 0 fully saturated rings. The van der Waals surface area contributed by atoms with Crippen LogP contribution in [0.3, 0.4) is 0 Å². The maximum absolute atomic E-state index is 10.5. The van der Waals surface area contributed by atoms with E-state index >= 15 is 0 Å². The van der Waals surface area contributed by atoms with Gasteiger partial charge in [0.1, 0.15) is 24.4 Å². The van der Waals surface area contributed by atoms with Gasteiger partial charge in [-0.1, -0.05) is 5.21 Å². The average molecular weight is 278 g/mol. The standard InChI is InChI=1S/C11H14N6O3/c1-2-20-10-3-9(13-7-14-10)12-4-8-5-17(16-15-8)6-11(18)19/h3,5,7H,2,4,6H2,1H3,(H,18,19)(H,12,13,14). The predicted octanol–water partition coefficient (Wildman–Crippen LogP) is 0.163. The number of aliphatic carboxylic acids is 1. The molecule has 0 aliphatic rings. The molecule has 0 amide bonds. The van der Waals surface area contributed by atoms with Crippen LogP contribution in [-0.2, 0) is 17.9 Å². The van der Waals surface area contributed by atoms with Crippen molar-refractivity contribution in [3.8, 4) is 5.88 Å². The quantitative estimate of drug-likeness (QED) is 0.736. The van der Waals surface area contributed by atoms with Gasteiger partial charge in [-0.3, -0.25) is 4.79 Å². The van der Waals surface area contributed by atoms with Crippen molar-refractivity contribution < 1.29 is 14.6 Å². The minimum atomic E-state index is -0.966. The molecule has 2 N–H and O–H groups in total. The van der Waals surface area contributed by atoms with E-state index < -0.39 is 5.97 Å². The van der Waals surface area contributed by atoms with Crippen LogP contribution in [0, 0.1) is 0 Å². The van der Waals surface area contributed by atoms with Gasteiger partial charge in [-0.2, -0.15) is 0 Å². The van der Waals surface area contributed by atoms with Crippen molar-refractivity contribution in [2.75, 3.05) is 11.9 Å². The highest BCUT2D eigenvalue weighted by molar-refractivity contribution is 5.66. The van der Waals surface area contributed by atoms with Gasteiger partial charge in [0.05, 0.1) is 19.3 Å². The SMILES string of the molecule is CCOc1cc(NCc2cn(CC(=O)O)nn2)ncn1. The van der Waals surface area contributed by atoms with Gasteiger partial charge in [0.15, 0.2) is 0 Å². The van der Waals surface area contributed by atoms with Crippen molar-refractivity contribution in [2.45, 2.75) is 20.0 Å². The van der Waals surface area contributed by atoms with Gasteiger partial charge < -0.3 is 15.2 Å². The molecule has 20 heavy (non-hydrogen) atoms. The second-order valence-corrected chi connectivity index (χ2v) is 3.83. The molecule has 0 saturated heterocycles. The van der Waals surface area contributed by atoms with Crippen molar-refractivity contribution in [2.24, 2.45) is 0 Å². The number of hydrogen-bond donors (Lipinski definition) is 2. The Morgan fingerprint density at radius 2 is 2.35 bits per heavy atom.